The fourth-order valence-corrected chi connectivity index (χ4v) is 2.65. The Hall–Kier alpha value is -2.79. The van der Waals surface area contributed by atoms with E-state index in [0.717, 1.165) is 11.6 Å². The van der Waals surface area contributed by atoms with E-state index in [9.17, 15) is 9.18 Å². The summed E-state index contributed by atoms with van der Waals surface area (Å²) in [5, 5.41) is 9.81. The molecule has 3 rings (SSSR count). The number of carbonyl (C=O) groups is 1. The van der Waals surface area contributed by atoms with Crippen LogP contribution in [0.3, 0.4) is 0 Å². The maximum Gasteiger partial charge on any atom is 0.328 e. The first-order valence-electron chi connectivity index (χ1n) is 7.07. The minimum absolute atomic E-state index is 0.0453. The van der Waals surface area contributed by atoms with E-state index in [0.29, 0.717) is 16.7 Å². The summed E-state index contributed by atoms with van der Waals surface area (Å²) in [7, 11) is 1.84. The van der Waals surface area contributed by atoms with E-state index in [2.05, 4.69) is 0 Å². The summed E-state index contributed by atoms with van der Waals surface area (Å²) in [5.74, 6) is -1.14. The van der Waals surface area contributed by atoms with Crippen LogP contribution in [0.15, 0.2) is 48.7 Å². The quantitative estimate of drug-likeness (QED) is 0.687. The van der Waals surface area contributed by atoms with Crippen molar-refractivity contribution in [1.82, 2.24) is 4.57 Å². The molecular weight excluding hydrogens is 333 g/mol. The van der Waals surface area contributed by atoms with E-state index in [1.807, 2.05) is 17.7 Å². The summed E-state index contributed by atoms with van der Waals surface area (Å²) < 4.78 is 21.5. The number of aryl methyl sites for hydroxylation is 1. The number of fused-ring (bicyclic) bond motifs is 1. The minimum Gasteiger partial charge on any atom is -0.478 e. The summed E-state index contributed by atoms with van der Waals surface area (Å²) in [5.41, 5.74) is 1.51. The number of carboxylic acid groups (broad SMARTS) is 1. The second kappa shape index (κ2) is 6.37. The van der Waals surface area contributed by atoms with Crippen molar-refractivity contribution in [1.29, 1.82) is 0 Å². The molecule has 0 radical (unpaired) electrons. The number of nitrogens with zero attached hydrogens (tertiary/aromatic N) is 1. The maximum atomic E-state index is 14.0. The molecule has 0 amide bonds. The number of halogens is 2. The summed E-state index contributed by atoms with van der Waals surface area (Å²) in [6.07, 6.45) is 4.32. The van der Waals surface area contributed by atoms with Gasteiger partial charge in [-0.2, -0.15) is 0 Å². The van der Waals surface area contributed by atoms with Gasteiger partial charge >= 0.3 is 5.97 Å². The lowest BCUT2D eigenvalue weighted by molar-refractivity contribution is -0.131. The molecule has 0 saturated heterocycles. The Balaban J connectivity index is 2.12. The highest BCUT2D eigenvalue weighted by molar-refractivity contribution is 6.30. The highest BCUT2D eigenvalue weighted by atomic mass is 35.5. The van der Waals surface area contributed by atoms with E-state index in [-0.39, 0.29) is 10.8 Å². The zero-order chi connectivity index (χ0) is 17.3. The highest BCUT2D eigenvalue weighted by Crippen LogP contribution is 2.35. The molecule has 0 saturated carbocycles. The molecule has 24 heavy (non-hydrogen) atoms. The number of benzene rings is 2. The normalized spacial score (nSPS) is 11.3. The standard InChI is InChI=1S/C18H13ClFNO3/c1-21-10-11(5-8-17(22)23)18-14(21)3-2-4-16(18)24-15-7-6-12(19)9-13(15)20/h2-10H,1H3,(H,22,23)/b8-5+. The van der Waals surface area contributed by atoms with Crippen LogP contribution in [-0.4, -0.2) is 15.6 Å². The van der Waals surface area contributed by atoms with Crippen LogP contribution < -0.4 is 4.74 Å². The molecule has 1 aromatic heterocycles. The average Bonchev–Trinajstić information content (AvgIpc) is 2.85. The molecule has 0 spiro atoms. The second-order valence-corrected chi connectivity index (χ2v) is 5.63. The van der Waals surface area contributed by atoms with Crippen LogP contribution in [-0.2, 0) is 11.8 Å². The molecule has 0 aliphatic rings. The van der Waals surface area contributed by atoms with Crippen LogP contribution in [0.5, 0.6) is 11.5 Å². The summed E-state index contributed by atoms with van der Waals surface area (Å²) in [4.78, 5) is 10.8. The summed E-state index contributed by atoms with van der Waals surface area (Å²) in [6, 6.07) is 9.53. The highest BCUT2D eigenvalue weighted by Gasteiger charge is 2.13. The van der Waals surface area contributed by atoms with E-state index < -0.39 is 11.8 Å². The Morgan fingerprint density at radius 2 is 2.08 bits per heavy atom. The zero-order valence-electron chi connectivity index (χ0n) is 12.7. The maximum absolute atomic E-state index is 14.0. The summed E-state index contributed by atoms with van der Waals surface area (Å²) >= 11 is 5.75. The lowest BCUT2D eigenvalue weighted by Crippen LogP contribution is -1.90. The first-order valence-corrected chi connectivity index (χ1v) is 7.45. The summed E-state index contributed by atoms with van der Waals surface area (Å²) in [6.45, 7) is 0. The van der Waals surface area contributed by atoms with Crippen LogP contribution in [0.25, 0.3) is 17.0 Å². The van der Waals surface area contributed by atoms with Crippen molar-refractivity contribution in [2.45, 2.75) is 0 Å². The number of aromatic nitrogens is 1. The van der Waals surface area contributed by atoms with Crippen LogP contribution in [0.1, 0.15) is 5.56 Å². The van der Waals surface area contributed by atoms with Crippen LogP contribution >= 0.6 is 11.6 Å². The van der Waals surface area contributed by atoms with Crippen molar-refractivity contribution >= 4 is 34.5 Å². The Kier molecular flexibility index (Phi) is 4.27. The molecule has 0 bridgehead atoms. The predicted octanol–water partition coefficient (Wildman–Crippen LogP) is 4.86. The minimum atomic E-state index is -1.05. The largest absolute Gasteiger partial charge is 0.478 e. The van der Waals surface area contributed by atoms with Gasteiger partial charge in [-0.25, -0.2) is 9.18 Å². The third-order valence-electron chi connectivity index (χ3n) is 3.52. The van der Waals surface area contributed by atoms with Crippen LogP contribution in [0.4, 0.5) is 4.39 Å². The Morgan fingerprint density at radius 3 is 2.79 bits per heavy atom. The second-order valence-electron chi connectivity index (χ2n) is 5.19. The van der Waals surface area contributed by atoms with Gasteiger partial charge in [0.2, 0.25) is 0 Å². The smallest absolute Gasteiger partial charge is 0.328 e. The number of hydrogen-bond acceptors (Lipinski definition) is 2. The first-order chi connectivity index (χ1) is 11.5. The molecule has 122 valence electrons. The van der Waals surface area contributed by atoms with Gasteiger partial charge in [-0.15, -0.1) is 0 Å². The van der Waals surface area contributed by atoms with Gasteiger partial charge < -0.3 is 14.4 Å². The van der Waals surface area contributed by atoms with E-state index in [1.165, 1.54) is 24.3 Å². The van der Waals surface area contributed by atoms with Gasteiger partial charge in [0, 0.05) is 35.3 Å². The molecule has 0 aliphatic heterocycles. The molecule has 1 N–H and O–H groups in total. The van der Waals surface area contributed by atoms with Gasteiger partial charge in [-0.1, -0.05) is 17.7 Å². The van der Waals surface area contributed by atoms with Crippen molar-refractivity contribution in [2.75, 3.05) is 0 Å². The van der Waals surface area contributed by atoms with Gasteiger partial charge in [0.25, 0.3) is 0 Å². The average molecular weight is 346 g/mol. The monoisotopic (exact) mass is 345 g/mol. The molecule has 0 aliphatic carbocycles. The van der Waals surface area contributed by atoms with E-state index in [1.54, 1.807) is 18.3 Å². The molecule has 1 heterocycles. The third kappa shape index (κ3) is 3.12. The fraction of sp³-hybridized carbons (Fsp3) is 0.0556. The van der Waals surface area contributed by atoms with Gasteiger partial charge in [0.1, 0.15) is 5.75 Å². The first kappa shape index (κ1) is 16.1. The van der Waals surface area contributed by atoms with Crippen molar-refractivity contribution < 1.29 is 19.0 Å². The van der Waals surface area contributed by atoms with Crippen molar-refractivity contribution in [2.24, 2.45) is 7.05 Å². The van der Waals surface area contributed by atoms with Crippen molar-refractivity contribution in [3.63, 3.8) is 0 Å². The molecule has 4 nitrogen and oxygen atoms in total. The van der Waals surface area contributed by atoms with Gasteiger partial charge in [0.15, 0.2) is 11.6 Å². The van der Waals surface area contributed by atoms with Crippen molar-refractivity contribution in [3.8, 4) is 11.5 Å². The van der Waals surface area contributed by atoms with Crippen LogP contribution in [0.2, 0.25) is 5.02 Å². The van der Waals surface area contributed by atoms with Crippen molar-refractivity contribution in [3.05, 3.63) is 65.1 Å². The number of carboxylic acids is 1. The van der Waals surface area contributed by atoms with Gasteiger partial charge in [0.05, 0.1) is 5.52 Å². The number of rotatable bonds is 4. The zero-order valence-corrected chi connectivity index (χ0v) is 13.4. The van der Waals surface area contributed by atoms with E-state index in [4.69, 9.17) is 21.4 Å². The number of ether oxygens (including phenoxy) is 1. The SMILES string of the molecule is Cn1cc(/C=C/C(=O)O)c2c(Oc3ccc(Cl)cc3F)cccc21. The number of hydrogen-bond donors (Lipinski definition) is 1. The molecule has 6 heteroatoms. The topological polar surface area (TPSA) is 51.5 Å². The predicted molar refractivity (Wildman–Crippen MR) is 91.1 cm³/mol. The molecular formula is C18H13ClFNO3. The fourth-order valence-electron chi connectivity index (χ4n) is 2.50. The number of aliphatic carboxylic acids is 1. The Morgan fingerprint density at radius 1 is 1.29 bits per heavy atom. The lowest BCUT2D eigenvalue weighted by atomic mass is 10.1. The molecule has 2 aromatic carbocycles. The molecule has 0 atom stereocenters. The molecule has 0 fully saturated rings. The third-order valence-corrected chi connectivity index (χ3v) is 3.76. The van der Waals surface area contributed by atoms with Gasteiger partial charge in [-0.05, 0) is 36.4 Å². The Bertz CT molecular complexity index is 962. The van der Waals surface area contributed by atoms with Crippen LogP contribution in [0, 0.1) is 5.82 Å². The lowest BCUT2D eigenvalue weighted by Gasteiger charge is -2.09. The van der Waals surface area contributed by atoms with Gasteiger partial charge in [-0.3, -0.25) is 0 Å². The van der Waals surface area contributed by atoms with E-state index >= 15 is 0 Å². The Labute approximate surface area is 142 Å². The molecule has 3 aromatic rings. The molecule has 0 unspecified atom stereocenters.